The molecule has 2 rings (SSSR count). The fourth-order valence-electron chi connectivity index (χ4n) is 1.50. The van der Waals surface area contributed by atoms with Crippen molar-refractivity contribution in [1.29, 1.82) is 0 Å². The summed E-state index contributed by atoms with van der Waals surface area (Å²) in [5, 5.41) is 21.7. The van der Waals surface area contributed by atoms with E-state index in [1.807, 2.05) is 0 Å². The van der Waals surface area contributed by atoms with Crippen LogP contribution in [0.1, 0.15) is 15.9 Å². The van der Waals surface area contributed by atoms with Crippen LogP contribution in [0.25, 0.3) is 0 Å². The van der Waals surface area contributed by atoms with E-state index in [1.54, 1.807) is 24.3 Å². The summed E-state index contributed by atoms with van der Waals surface area (Å²) < 4.78 is 0. The number of urea groups is 1. The van der Waals surface area contributed by atoms with E-state index in [-0.39, 0.29) is 11.6 Å². The van der Waals surface area contributed by atoms with Crippen molar-refractivity contribution < 1.29 is 14.7 Å². The first kappa shape index (κ1) is 13.9. The van der Waals surface area contributed by atoms with E-state index < -0.39 is 5.97 Å². The summed E-state index contributed by atoms with van der Waals surface area (Å²) in [5.74, 6) is -0.953. The van der Waals surface area contributed by atoms with E-state index in [1.165, 1.54) is 16.8 Å². The Kier molecular flexibility index (Phi) is 4.61. The van der Waals surface area contributed by atoms with Gasteiger partial charge in [-0.05, 0) is 24.1 Å². The Bertz CT molecular complexity index is 583. The fraction of sp³-hybridized carbons (Fsp3) is 0.167. The number of carbonyl (C=O) groups is 2. The van der Waals surface area contributed by atoms with Crippen molar-refractivity contribution in [3.63, 3.8) is 0 Å². The van der Waals surface area contributed by atoms with Crippen LogP contribution in [-0.2, 0) is 6.42 Å². The lowest BCUT2D eigenvalue weighted by molar-refractivity contribution is 0.0697. The lowest BCUT2D eigenvalue weighted by atomic mass is 10.1. The second kappa shape index (κ2) is 6.62. The van der Waals surface area contributed by atoms with E-state index in [2.05, 4.69) is 20.8 Å². The molecule has 0 aliphatic carbocycles. The SMILES string of the molecule is O=C(NCCc1ccc(C(=O)O)cc1)Nc1nncs1. The average molecular weight is 292 g/mol. The van der Waals surface area contributed by atoms with Crippen molar-refractivity contribution in [2.75, 3.05) is 11.9 Å². The van der Waals surface area contributed by atoms with E-state index in [4.69, 9.17) is 5.11 Å². The largest absolute Gasteiger partial charge is 0.478 e. The number of carboxylic acid groups (broad SMARTS) is 1. The highest BCUT2D eigenvalue weighted by Crippen LogP contribution is 2.07. The molecule has 2 aromatic rings. The maximum absolute atomic E-state index is 11.5. The number of rotatable bonds is 5. The number of benzene rings is 1. The molecular weight excluding hydrogens is 280 g/mol. The van der Waals surface area contributed by atoms with E-state index >= 15 is 0 Å². The molecule has 0 atom stereocenters. The molecule has 0 fully saturated rings. The van der Waals surface area contributed by atoms with Crippen LogP contribution in [-0.4, -0.2) is 33.8 Å². The first-order chi connectivity index (χ1) is 9.65. The van der Waals surface area contributed by atoms with Crippen LogP contribution in [0.4, 0.5) is 9.93 Å². The highest BCUT2D eigenvalue weighted by Gasteiger charge is 2.04. The Morgan fingerprint density at radius 3 is 2.60 bits per heavy atom. The number of aromatic carboxylic acids is 1. The molecule has 0 aliphatic rings. The van der Waals surface area contributed by atoms with E-state index in [0.29, 0.717) is 18.1 Å². The van der Waals surface area contributed by atoms with Gasteiger partial charge in [0.2, 0.25) is 5.13 Å². The molecule has 1 heterocycles. The van der Waals surface area contributed by atoms with Crippen molar-refractivity contribution in [3.05, 3.63) is 40.9 Å². The maximum atomic E-state index is 11.5. The molecule has 0 aliphatic heterocycles. The number of aromatic nitrogens is 2. The molecule has 3 N–H and O–H groups in total. The number of nitrogens with one attached hydrogen (secondary N) is 2. The molecule has 8 heteroatoms. The van der Waals surface area contributed by atoms with Gasteiger partial charge in [-0.3, -0.25) is 5.32 Å². The second-order valence-corrected chi connectivity index (χ2v) is 4.71. The summed E-state index contributed by atoms with van der Waals surface area (Å²) in [4.78, 5) is 22.2. The standard InChI is InChI=1S/C12H12N4O3S/c17-10(18)9-3-1-8(2-4-9)5-6-13-11(19)15-12-16-14-7-20-12/h1-4,7H,5-6H2,(H,17,18)(H2,13,15,16,19). The van der Waals surface area contributed by atoms with Crippen LogP contribution in [0, 0.1) is 0 Å². The molecule has 20 heavy (non-hydrogen) atoms. The van der Waals surface area contributed by atoms with Crippen molar-refractivity contribution in [1.82, 2.24) is 15.5 Å². The molecule has 0 saturated heterocycles. The summed E-state index contributed by atoms with van der Waals surface area (Å²) in [6, 6.07) is 6.20. The highest BCUT2D eigenvalue weighted by molar-refractivity contribution is 7.13. The normalized spacial score (nSPS) is 10.0. The number of hydrogen-bond acceptors (Lipinski definition) is 5. The van der Waals surface area contributed by atoms with Crippen LogP contribution in [0.5, 0.6) is 0 Å². The molecule has 1 aromatic heterocycles. The van der Waals surface area contributed by atoms with Crippen molar-refractivity contribution in [2.24, 2.45) is 0 Å². The number of anilines is 1. The predicted octanol–water partition coefficient (Wildman–Crippen LogP) is 1.60. The quantitative estimate of drug-likeness (QED) is 0.776. The van der Waals surface area contributed by atoms with E-state index in [0.717, 1.165) is 5.56 Å². The molecule has 0 spiro atoms. The molecule has 0 unspecified atom stereocenters. The van der Waals surface area contributed by atoms with Crippen LogP contribution in [0.2, 0.25) is 0 Å². The topological polar surface area (TPSA) is 104 Å². The highest BCUT2D eigenvalue weighted by atomic mass is 32.1. The van der Waals surface area contributed by atoms with Crippen LogP contribution >= 0.6 is 11.3 Å². The second-order valence-electron chi connectivity index (χ2n) is 3.88. The van der Waals surface area contributed by atoms with Crippen molar-refractivity contribution in [3.8, 4) is 0 Å². The van der Waals surface area contributed by atoms with Crippen LogP contribution in [0.3, 0.4) is 0 Å². The molecule has 2 amide bonds. The first-order valence-corrected chi connectivity index (χ1v) is 6.66. The van der Waals surface area contributed by atoms with Crippen LogP contribution in [0.15, 0.2) is 29.8 Å². The lowest BCUT2D eigenvalue weighted by Crippen LogP contribution is -2.30. The van der Waals surface area contributed by atoms with Gasteiger partial charge in [0, 0.05) is 6.54 Å². The first-order valence-electron chi connectivity index (χ1n) is 5.78. The summed E-state index contributed by atoms with van der Waals surface area (Å²) in [6.45, 7) is 0.442. The van der Waals surface area contributed by atoms with Gasteiger partial charge >= 0.3 is 12.0 Å². The van der Waals surface area contributed by atoms with Gasteiger partial charge in [0.1, 0.15) is 5.51 Å². The minimum atomic E-state index is -0.953. The summed E-state index contributed by atoms with van der Waals surface area (Å²) >= 11 is 1.24. The molecule has 7 nitrogen and oxygen atoms in total. The zero-order chi connectivity index (χ0) is 14.4. The molecular formula is C12H12N4O3S. The van der Waals surface area contributed by atoms with Crippen molar-refractivity contribution >= 4 is 28.5 Å². The number of carbonyl (C=O) groups excluding carboxylic acids is 1. The molecule has 1 aromatic carbocycles. The summed E-state index contributed by atoms with van der Waals surface area (Å²) in [7, 11) is 0. The number of carboxylic acids is 1. The van der Waals surface area contributed by atoms with Crippen molar-refractivity contribution in [2.45, 2.75) is 6.42 Å². The third kappa shape index (κ3) is 4.02. The Balaban J connectivity index is 1.75. The minimum Gasteiger partial charge on any atom is -0.478 e. The van der Waals surface area contributed by atoms with Gasteiger partial charge in [-0.2, -0.15) is 0 Å². The lowest BCUT2D eigenvalue weighted by Gasteiger charge is -2.05. The predicted molar refractivity (Wildman–Crippen MR) is 74.0 cm³/mol. The number of nitrogens with zero attached hydrogens (tertiary/aromatic N) is 2. The van der Waals surface area contributed by atoms with Gasteiger partial charge in [-0.15, -0.1) is 10.2 Å². The molecule has 0 bridgehead atoms. The Morgan fingerprint density at radius 2 is 2.00 bits per heavy atom. The number of hydrogen-bond donors (Lipinski definition) is 3. The van der Waals surface area contributed by atoms with Gasteiger partial charge in [-0.25, -0.2) is 9.59 Å². The molecule has 104 valence electrons. The maximum Gasteiger partial charge on any atom is 0.335 e. The fourth-order valence-corrected chi connectivity index (χ4v) is 1.94. The summed E-state index contributed by atoms with van der Waals surface area (Å²) in [6.07, 6.45) is 0.615. The monoisotopic (exact) mass is 292 g/mol. The smallest absolute Gasteiger partial charge is 0.335 e. The van der Waals surface area contributed by atoms with Gasteiger partial charge < -0.3 is 10.4 Å². The van der Waals surface area contributed by atoms with Gasteiger partial charge in [0.25, 0.3) is 0 Å². The van der Waals surface area contributed by atoms with Gasteiger partial charge in [0.15, 0.2) is 0 Å². The molecule has 0 saturated carbocycles. The Morgan fingerprint density at radius 1 is 1.25 bits per heavy atom. The Labute approximate surface area is 118 Å². The van der Waals surface area contributed by atoms with Gasteiger partial charge in [0.05, 0.1) is 5.56 Å². The summed E-state index contributed by atoms with van der Waals surface area (Å²) in [5.41, 5.74) is 2.72. The zero-order valence-electron chi connectivity index (χ0n) is 10.4. The zero-order valence-corrected chi connectivity index (χ0v) is 11.2. The molecule has 0 radical (unpaired) electrons. The number of amides is 2. The van der Waals surface area contributed by atoms with Crippen LogP contribution < -0.4 is 10.6 Å². The minimum absolute atomic E-state index is 0.246. The average Bonchev–Trinajstić information content (AvgIpc) is 2.92. The van der Waals surface area contributed by atoms with E-state index in [9.17, 15) is 9.59 Å². The third-order valence-electron chi connectivity index (χ3n) is 2.48. The Hall–Kier alpha value is -2.48. The third-order valence-corrected chi connectivity index (χ3v) is 3.09. The van der Waals surface area contributed by atoms with Gasteiger partial charge in [-0.1, -0.05) is 23.5 Å².